The molecule has 0 bridgehead atoms. The van der Waals surface area contributed by atoms with Gasteiger partial charge in [0.05, 0.1) is 16.6 Å². The van der Waals surface area contributed by atoms with E-state index in [1.165, 1.54) is 12.7 Å². The van der Waals surface area contributed by atoms with E-state index in [0.29, 0.717) is 12.1 Å². The Hall–Kier alpha value is -1.99. The van der Waals surface area contributed by atoms with Crippen LogP contribution in [0, 0.1) is 0 Å². The molecule has 1 aliphatic carbocycles. The number of hydrogen-bond acceptors (Lipinski definition) is 5. The Morgan fingerprint density at radius 1 is 1.19 bits per heavy atom. The first-order valence-corrected chi connectivity index (χ1v) is 11.3. The Balaban J connectivity index is 1.98. The number of ketones is 1. The van der Waals surface area contributed by atoms with Crippen LogP contribution in [-0.4, -0.2) is 42.0 Å². The maximum Gasteiger partial charge on any atom is 0.183 e. The van der Waals surface area contributed by atoms with Crippen LogP contribution in [-0.2, 0) is 9.84 Å². The average molecular weight is 391 g/mol. The van der Waals surface area contributed by atoms with Crippen molar-refractivity contribution in [1.29, 1.82) is 0 Å². The zero-order valence-electron chi connectivity index (χ0n) is 15.6. The average Bonchev–Trinajstić information content (AvgIpc) is 3.12. The van der Waals surface area contributed by atoms with Gasteiger partial charge in [0.15, 0.2) is 15.6 Å². The van der Waals surface area contributed by atoms with Gasteiger partial charge in [0.1, 0.15) is 5.69 Å². The molecule has 7 heteroatoms. The lowest BCUT2D eigenvalue weighted by Crippen LogP contribution is -2.16. The van der Waals surface area contributed by atoms with E-state index in [1.807, 2.05) is 4.68 Å². The van der Waals surface area contributed by atoms with Crippen LogP contribution in [0.3, 0.4) is 0 Å². The normalized spacial score (nSPS) is 15.8. The maximum atomic E-state index is 12.4. The van der Waals surface area contributed by atoms with Crippen LogP contribution < -0.4 is 0 Å². The lowest BCUT2D eigenvalue weighted by molar-refractivity contribution is 0.0965. The highest BCUT2D eigenvalue weighted by Gasteiger charge is 2.23. The lowest BCUT2D eigenvalue weighted by atomic mass is 9.95. The number of hydrogen-bond donors (Lipinski definition) is 1. The molecule has 1 aromatic heterocycles. The Labute approximate surface area is 160 Å². The molecule has 0 aliphatic heterocycles. The van der Waals surface area contributed by atoms with Gasteiger partial charge in [0.2, 0.25) is 0 Å². The van der Waals surface area contributed by atoms with Crippen molar-refractivity contribution in [3.05, 3.63) is 36.0 Å². The Bertz CT molecular complexity index is 895. The van der Waals surface area contributed by atoms with Gasteiger partial charge in [0, 0.05) is 19.3 Å². The van der Waals surface area contributed by atoms with Crippen LogP contribution in [0.25, 0.3) is 11.3 Å². The summed E-state index contributed by atoms with van der Waals surface area (Å²) >= 11 is 0. The second-order valence-electron chi connectivity index (χ2n) is 7.20. The minimum absolute atomic E-state index is 0.0190. The molecule has 1 saturated carbocycles. The number of benzene rings is 1. The van der Waals surface area contributed by atoms with Crippen LogP contribution in [0.1, 0.15) is 61.5 Å². The van der Waals surface area contributed by atoms with E-state index >= 15 is 0 Å². The van der Waals surface area contributed by atoms with Crippen LogP contribution in [0.5, 0.6) is 0 Å². The fourth-order valence-corrected chi connectivity index (χ4v) is 4.22. The van der Waals surface area contributed by atoms with Crippen LogP contribution in [0.15, 0.2) is 35.2 Å². The zero-order valence-corrected chi connectivity index (χ0v) is 16.4. The summed E-state index contributed by atoms with van der Waals surface area (Å²) in [6.45, 7) is -0.0190. The van der Waals surface area contributed by atoms with Gasteiger partial charge < -0.3 is 5.11 Å². The Kier molecular flexibility index (Phi) is 6.11. The van der Waals surface area contributed by atoms with Crippen LogP contribution >= 0.6 is 0 Å². The summed E-state index contributed by atoms with van der Waals surface area (Å²) in [5.41, 5.74) is 2.10. The van der Waals surface area contributed by atoms with Crippen molar-refractivity contribution in [3.63, 3.8) is 0 Å². The molecule has 1 heterocycles. The standard InChI is InChI=1S/C20H26N2O4S/c1-27(25,26)17-11-9-15(10-12-17)19-14-18(20(24)8-5-13-23)21-22(19)16-6-3-2-4-7-16/h9-12,14,16,23H,2-8,13H2,1H3. The predicted molar refractivity (Wildman–Crippen MR) is 104 cm³/mol. The summed E-state index contributed by atoms with van der Waals surface area (Å²) in [4.78, 5) is 12.7. The van der Waals surface area contributed by atoms with Crippen molar-refractivity contribution < 1.29 is 18.3 Å². The first-order chi connectivity index (χ1) is 12.9. The monoisotopic (exact) mass is 390 g/mol. The van der Waals surface area contributed by atoms with Gasteiger partial charge in [-0.25, -0.2) is 8.42 Å². The Morgan fingerprint density at radius 2 is 1.85 bits per heavy atom. The summed E-state index contributed by atoms with van der Waals surface area (Å²) in [6, 6.07) is 8.78. The first-order valence-electron chi connectivity index (χ1n) is 9.44. The molecule has 0 spiro atoms. The molecule has 3 rings (SSSR count). The number of nitrogens with zero attached hydrogens (tertiary/aromatic N) is 2. The summed E-state index contributed by atoms with van der Waals surface area (Å²) in [5, 5.41) is 13.6. The van der Waals surface area contributed by atoms with Gasteiger partial charge >= 0.3 is 0 Å². The van der Waals surface area contributed by atoms with Gasteiger partial charge in [-0.2, -0.15) is 5.10 Å². The van der Waals surface area contributed by atoms with Crippen molar-refractivity contribution in [2.24, 2.45) is 0 Å². The van der Waals surface area contributed by atoms with Crippen LogP contribution in [0.2, 0.25) is 0 Å². The number of carbonyl (C=O) groups excluding carboxylic acids is 1. The first kappa shape index (κ1) is 19.8. The number of aromatic nitrogens is 2. The van der Waals surface area contributed by atoms with Gasteiger partial charge in [-0.15, -0.1) is 0 Å². The van der Waals surface area contributed by atoms with E-state index in [-0.39, 0.29) is 29.7 Å². The van der Waals surface area contributed by atoms with E-state index in [0.717, 1.165) is 36.9 Å². The lowest BCUT2D eigenvalue weighted by Gasteiger charge is -2.24. The second-order valence-corrected chi connectivity index (χ2v) is 9.21. The molecule has 0 amide bonds. The highest BCUT2D eigenvalue weighted by Crippen LogP contribution is 2.33. The third kappa shape index (κ3) is 4.65. The van der Waals surface area contributed by atoms with Crippen LogP contribution in [0.4, 0.5) is 0 Å². The number of sulfone groups is 1. The van der Waals surface area contributed by atoms with Crippen molar-refractivity contribution in [2.45, 2.75) is 55.9 Å². The molecule has 2 aromatic rings. The number of aliphatic hydroxyl groups excluding tert-OH is 1. The molecule has 0 radical (unpaired) electrons. The van der Waals surface area contributed by atoms with Gasteiger partial charge in [-0.3, -0.25) is 9.48 Å². The van der Waals surface area contributed by atoms with Crippen molar-refractivity contribution in [2.75, 3.05) is 12.9 Å². The minimum atomic E-state index is -3.25. The second kappa shape index (κ2) is 8.35. The molecule has 1 aliphatic rings. The van der Waals surface area contributed by atoms with Gasteiger partial charge in [-0.05, 0) is 43.0 Å². The SMILES string of the molecule is CS(=O)(=O)c1ccc(-c2cc(C(=O)CCCO)nn2C2CCCCC2)cc1. The van der Waals surface area contributed by atoms with E-state index in [4.69, 9.17) is 5.11 Å². The summed E-state index contributed by atoms with van der Waals surface area (Å²) in [7, 11) is -3.25. The molecule has 1 N–H and O–H groups in total. The summed E-state index contributed by atoms with van der Waals surface area (Å²) < 4.78 is 25.4. The third-order valence-corrected chi connectivity index (χ3v) is 6.21. The molecule has 0 saturated heterocycles. The summed E-state index contributed by atoms with van der Waals surface area (Å²) in [6.07, 6.45) is 7.44. The number of Topliss-reactive ketones (excluding diaryl/α,β-unsaturated/α-hetero) is 1. The largest absolute Gasteiger partial charge is 0.396 e. The minimum Gasteiger partial charge on any atom is -0.396 e. The Morgan fingerprint density at radius 3 is 2.44 bits per heavy atom. The third-order valence-electron chi connectivity index (χ3n) is 5.08. The van der Waals surface area contributed by atoms with E-state index in [9.17, 15) is 13.2 Å². The number of aliphatic hydroxyl groups is 1. The summed E-state index contributed by atoms with van der Waals surface area (Å²) in [5.74, 6) is -0.0763. The molecular formula is C20H26N2O4S. The van der Waals surface area contributed by atoms with E-state index in [2.05, 4.69) is 5.10 Å². The highest BCUT2D eigenvalue weighted by molar-refractivity contribution is 7.90. The predicted octanol–water partition coefficient (Wildman–Crippen LogP) is 3.41. The van der Waals surface area contributed by atoms with Crippen molar-refractivity contribution in [1.82, 2.24) is 9.78 Å². The molecule has 6 nitrogen and oxygen atoms in total. The topological polar surface area (TPSA) is 89.3 Å². The van der Waals surface area contributed by atoms with E-state index < -0.39 is 9.84 Å². The highest BCUT2D eigenvalue weighted by atomic mass is 32.2. The number of rotatable bonds is 7. The molecule has 0 atom stereocenters. The molecule has 27 heavy (non-hydrogen) atoms. The molecule has 146 valence electrons. The van der Waals surface area contributed by atoms with Gasteiger partial charge in [-0.1, -0.05) is 31.4 Å². The fraction of sp³-hybridized carbons (Fsp3) is 0.500. The van der Waals surface area contributed by atoms with Gasteiger partial charge in [0.25, 0.3) is 0 Å². The molecule has 0 unspecified atom stereocenters. The quantitative estimate of drug-likeness (QED) is 0.732. The smallest absolute Gasteiger partial charge is 0.183 e. The van der Waals surface area contributed by atoms with Crippen molar-refractivity contribution in [3.8, 4) is 11.3 Å². The fourth-order valence-electron chi connectivity index (χ4n) is 3.59. The molecule has 1 aromatic carbocycles. The number of carbonyl (C=O) groups is 1. The van der Waals surface area contributed by atoms with E-state index in [1.54, 1.807) is 30.3 Å². The van der Waals surface area contributed by atoms with Crippen molar-refractivity contribution >= 4 is 15.6 Å². The molecule has 1 fully saturated rings. The maximum absolute atomic E-state index is 12.4. The molecular weight excluding hydrogens is 364 g/mol. The zero-order chi connectivity index (χ0) is 19.4.